The van der Waals surface area contributed by atoms with Crippen LogP contribution in [0.25, 0.3) is 0 Å². The summed E-state index contributed by atoms with van der Waals surface area (Å²) in [6.45, 7) is 7.44. The molecule has 3 saturated heterocycles. The molecule has 0 aliphatic carbocycles. The second kappa shape index (κ2) is 6.09. The number of nitrogens with zero attached hydrogens (tertiary/aromatic N) is 5. The number of ether oxygens (including phenoxy) is 1. The molecule has 3 fully saturated rings. The predicted molar refractivity (Wildman–Crippen MR) is 98.6 cm³/mol. The zero-order valence-corrected chi connectivity index (χ0v) is 16.7. The summed E-state index contributed by atoms with van der Waals surface area (Å²) in [6, 6.07) is 0.515. The van der Waals surface area contributed by atoms with Crippen LogP contribution in [0.1, 0.15) is 46.5 Å². The van der Waals surface area contributed by atoms with Crippen LogP contribution in [0.2, 0.25) is 10.4 Å². The third-order valence-electron chi connectivity index (χ3n) is 5.52. The van der Waals surface area contributed by atoms with Crippen LogP contribution in [0.5, 0.6) is 0 Å². The van der Waals surface area contributed by atoms with Crippen LogP contribution in [0.15, 0.2) is 0 Å². The molecule has 7 nitrogen and oxygen atoms in total. The molecule has 1 aromatic rings. The number of carbonyl (C=O) groups excluding carboxylic acids is 1. The second-order valence-electron chi connectivity index (χ2n) is 8.73. The van der Waals surface area contributed by atoms with Crippen molar-refractivity contribution in [3.05, 3.63) is 10.4 Å². The summed E-state index contributed by atoms with van der Waals surface area (Å²) in [5.74, 6) is 0.596. The number of halogens is 2. The first kappa shape index (κ1) is 18.0. The predicted octanol–water partition coefficient (Wildman–Crippen LogP) is 3.55. The Morgan fingerprint density at radius 2 is 1.77 bits per heavy atom. The van der Waals surface area contributed by atoms with Crippen molar-refractivity contribution < 1.29 is 9.53 Å². The molecule has 0 radical (unpaired) electrons. The molecule has 1 spiro atoms. The Morgan fingerprint density at radius 1 is 1.15 bits per heavy atom. The summed E-state index contributed by atoms with van der Waals surface area (Å²) >= 11 is 12.0. The molecule has 4 heterocycles. The van der Waals surface area contributed by atoms with Crippen LogP contribution >= 0.6 is 23.2 Å². The molecule has 1 amide bonds. The van der Waals surface area contributed by atoms with Crippen LogP contribution in [-0.4, -0.2) is 56.9 Å². The monoisotopic (exact) mass is 399 g/mol. The van der Waals surface area contributed by atoms with E-state index in [2.05, 4.69) is 20.1 Å². The lowest BCUT2D eigenvalue weighted by Gasteiger charge is -2.56. The fraction of sp³-hybridized carbons (Fsp3) is 0.765. The minimum Gasteiger partial charge on any atom is -0.444 e. The average Bonchev–Trinajstić information content (AvgIpc) is 2.77. The van der Waals surface area contributed by atoms with Crippen LogP contribution in [-0.2, 0) is 4.74 Å². The fourth-order valence-electron chi connectivity index (χ4n) is 4.72. The summed E-state index contributed by atoms with van der Waals surface area (Å²) in [4.78, 5) is 20.9. The molecule has 0 aromatic carbocycles. The SMILES string of the molecule is CC(C)(C)OC(=O)N1C2CCC1CC1(C2)CN(c2nc(Cl)nnc2Cl)C1. The van der Waals surface area contributed by atoms with Crippen molar-refractivity contribution in [1.29, 1.82) is 0 Å². The Bertz CT molecular complexity index is 716. The van der Waals surface area contributed by atoms with E-state index >= 15 is 0 Å². The Hall–Kier alpha value is -1.34. The molecule has 0 saturated carbocycles. The largest absolute Gasteiger partial charge is 0.444 e. The smallest absolute Gasteiger partial charge is 0.410 e. The molecule has 3 aliphatic heterocycles. The highest BCUT2D eigenvalue weighted by atomic mass is 35.5. The van der Waals surface area contributed by atoms with E-state index in [1.54, 1.807) is 0 Å². The molecule has 2 bridgehead atoms. The van der Waals surface area contributed by atoms with Crippen LogP contribution in [0.3, 0.4) is 0 Å². The fourth-order valence-corrected chi connectivity index (χ4v) is 5.03. The van der Waals surface area contributed by atoms with Crippen molar-refractivity contribution in [3.8, 4) is 0 Å². The minimum atomic E-state index is -0.463. The number of piperidine rings is 1. The first-order chi connectivity index (χ1) is 12.2. The minimum absolute atomic E-state index is 0.102. The quantitative estimate of drug-likeness (QED) is 0.718. The molecule has 2 atom stereocenters. The highest BCUT2D eigenvalue weighted by Gasteiger charge is 2.56. The number of aromatic nitrogens is 3. The molecule has 9 heteroatoms. The summed E-state index contributed by atoms with van der Waals surface area (Å²) < 4.78 is 5.62. The molecule has 3 aliphatic rings. The Balaban J connectivity index is 1.44. The van der Waals surface area contributed by atoms with Crippen molar-refractivity contribution in [2.45, 2.75) is 64.1 Å². The molecular formula is C17H23Cl2N5O2. The Labute approximate surface area is 163 Å². The molecule has 1 aromatic heterocycles. The van der Waals surface area contributed by atoms with Gasteiger partial charge in [0.25, 0.3) is 0 Å². The lowest BCUT2D eigenvalue weighted by molar-refractivity contribution is -0.0183. The van der Waals surface area contributed by atoms with E-state index in [1.807, 2.05) is 25.7 Å². The first-order valence-electron chi connectivity index (χ1n) is 8.98. The van der Waals surface area contributed by atoms with E-state index in [0.29, 0.717) is 5.82 Å². The van der Waals surface area contributed by atoms with Crippen LogP contribution in [0, 0.1) is 5.41 Å². The number of fused-ring (bicyclic) bond motifs is 2. The maximum atomic E-state index is 12.6. The van der Waals surface area contributed by atoms with Gasteiger partial charge in [-0.1, -0.05) is 11.6 Å². The van der Waals surface area contributed by atoms with Crippen molar-refractivity contribution in [2.24, 2.45) is 5.41 Å². The van der Waals surface area contributed by atoms with E-state index in [1.165, 1.54) is 0 Å². The highest BCUT2D eigenvalue weighted by molar-refractivity contribution is 6.32. The number of anilines is 1. The van der Waals surface area contributed by atoms with E-state index < -0.39 is 5.60 Å². The zero-order valence-electron chi connectivity index (χ0n) is 15.2. The van der Waals surface area contributed by atoms with E-state index in [4.69, 9.17) is 27.9 Å². The zero-order chi connectivity index (χ0) is 18.7. The average molecular weight is 400 g/mol. The van der Waals surface area contributed by atoms with Gasteiger partial charge in [0, 0.05) is 30.6 Å². The standard InChI is InChI=1S/C17H23Cl2N5O2/c1-16(2,3)26-15(25)24-10-4-5-11(24)7-17(6-10)8-23(9-17)13-12(18)21-22-14(19)20-13/h10-11H,4-9H2,1-3H3. The Kier molecular flexibility index (Phi) is 4.23. The lowest BCUT2D eigenvalue weighted by Crippen LogP contribution is -2.64. The number of rotatable bonds is 1. The van der Waals surface area contributed by atoms with Crippen molar-refractivity contribution >= 4 is 35.1 Å². The third kappa shape index (κ3) is 3.20. The summed E-state index contributed by atoms with van der Waals surface area (Å²) in [7, 11) is 0. The molecule has 4 rings (SSSR count). The van der Waals surface area contributed by atoms with E-state index in [9.17, 15) is 4.79 Å². The van der Waals surface area contributed by atoms with Gasteiger partial charge in [-0.25, -0.2) is 4.79 Å². The van der Waals surface area contributed by atoms with Gasteiger partial charge in [-0.05, 0) is 58.1 Å². The van der Waals surface area contributed by atoms with Gasteiger partial charge in [-0.3, -0.25) is 0 Å². The van der Waals surface area contributed by atoms with Crippen molar-refractivity contribution in [2.75, 3.05) is 18.0 Å². The second-order valence-corrected chi connectivity index (χ2v) is 9.43. The normalized spacial score (nSPS) is 26.8. The summed E-state index contributed by atoms with van der Waals surface area (Å²) in [5.41, 5.74) is -0.264. The van der Waals surface area contributed by atoms with Crippen LogP contribution in [0.4, 0.5) is 10.6 Å². The van der Waals surface area contributed by atoms with Gasteiger partial charge in [-0.15, -0.1) is 10.2 Å². The number of amides is 1. The maximum absolute atomic E-state index is 12.6. The van der Waals surface area contributed by atoms with Gasteiger partial charge < -0.3 is 14.5 Å². The van der Waals surface area contributed by atoms with Gasteiger partial charge in [0.05, 0.1) is 0 Å². The number of hydrogen-bond donors (Lipinski definition) is 0. The first-order valence-corrected chi connectivity index (χ1v) is 9.73. The third-order valence-corrected chi connectivity index (χ3v) is 5.92. The van der Waals surface area contributed by atoms with Gasteiger partial charge in [0.15, 0.2) is 11.0 Å². The number of carbonyl (C=O) groups is 1. The van der Waals surface area contributed by atoms with Gasteiger partial charge in [0.1, 0.15) is 5.60 Å². The van der Waals surface area contributed by atoms with Crippen molar-refractivity contribution in [1.82, 2.24) is 20.1 Å². The highest BCUT2D eigenvalue weighted by Crippen LogP contribution is 2.51. The van der Waals surface area contributed by atoms with Gasteiger partial charge in [-0.2, -0.15) is 4.98 Å². The van der Waals surface area contributed by atoms with E-state index in [-0.39, 0.29) is 34.0 Å². The molecule has 0 N–H and O–H groups in total. The van der Waals surface area contributed by atoms with Gasteiger partial charge in [0.2, 0.25) is 5.28 Å². The maximum Gasteiger partial charge on any atom is 0.410 e. The van der Waals surface area contributed by atoms with Gasteiger partial charge >= 0.3 is 6.09 Å². The molecule has 26 heavy (non-hydrogen) atoms. The Morgan fingerprint density at radius 3 is 2.35 bits per heavy atom. The van der Waals surface area contributed by atoms with E-state index in [0.717, 1.165) is 38.8 Å². The van der Waals surface area contributed by atoms with Crippen LogP contribution < -0.4 is 4.90 Å². The lowest BCUT2D eigenvalue weighted by atomic mass is 9.69. The molecular weight excluding hydrogens is 377 g/mol. The summed E-state index contributed by atoms with van der Waals surface area (Å²) in [6.07, 6.45) is 3.90. The topological polar surface area (TPSA) is 71.5 Å². The summed E-state index contributed by atoms with van der Waals surface area (Å²) in [5, 5.41) is 7.88. The molecule has 2 unspecified atom stereocenters. The molecule has 142 valence electrons. The number of hydrogen-bond acceptors (Lipinski definition) is 6. The van der Waals surface area contributed by atoms with Crippen molar-refractivity contribution in [3.63, 3.8) is 0 Å².